The summed E-state index contributed by atoms with van der Waals surface area (Å²) in [7, 11) is 0. The Kier molecular flexibility index (Phi) is 3.51. The molecule has 0 bridgehead atoms. The van der Waals surface area contributed by atoms with E-state index in [9.17, 15) is 0 Å². The van der Waals surface area contributed by atoms with Crippen molar-refractivity contribution in [2.45, 2.75) is 25.7 Å². The first-order valence-corrected chi connectivity index (χ1v) is 8.15. The van der Waals surface area contributed by atoms with Crippen LogP contribution in [0.15, 0.2) is 18.6 Å². The maximum atomic E-state index is 4.52. The fraction of sp³-hybridized carbons (Fsp3) is 0.625. The van der Waals surface area contributed by atoms with Crippen molar-refractivity contribution >= 4 is 16.9 Å². The highest BCUT2D eigenvalue weighted by Gasteiger charge is 2.28. The molecule has 112 valence electrons. The Balaban J connectivity index is 1.46. The molecular weight excluding hydrogens is 262 g/mol. The lowest BCUT2D eigenvalue weighted by Crippen LogP contribution is -2.41. The summed E-state index contributed by atoms with van der Waals surface area (Å²) in [5, 5.41) is 4.71. The predicted molar refractivity (Wildman–Crippen MR) is 84.4 cm³/mol. The Hall–Kier alpha value is -1.62. The third-order valence-electron chi connectivity index (χ3n) is 5.17. The number of aromatic amines is 1. The zero-order chi connectivity index (χ0) is 14.1. The van der Waals surface area contributed by atoms with Gasteiger partial charge in [-0.15, -0.1) is 0 Å². The molecule has 4 heterocycles. The van der Waals surface area contributed by atoms with E-state index in [0.717, 1.165) is 41.8 Å². The van der Waals surface area contributed by atoms with Crippen LogP contribution in [0.5, 0.6) is 0 Å². The van der Waals surface area contributed by atoms with Gasteiger partial charge < -0.3 is 15.2 Å². The van der Waals surface area contributed by atoms with Gasteiger partial charge in [0.05, 0.1) is 5.39 Å². The molecule has 1 unspecified atom stereocenters. The molecule has 0 amide bonds. The number of fused-ring (bicyclic) bond motifs is 1. The van der Waals surface area contributed by atoms with Crippen molar-refractivity contribution in [3.8, 4) is 0 Å². The molecule has 2 aromatic heterocycles. The first-order chi connectivity index (χ1) is 10.4. The maximum absolute atomic E-state index is 4.52. The number of hydrogen-bond acceptors (Lipinski definition) is 4. The summed E-state index contributed by atoms with van der Waals surface area (Å²) in [6.07, 6.45) is 8.97. The van der Waals surface area contributed by atoms with E-state index >= 15 is 0 Å². The molecule has 1 atom stereocenters. The van der Waals surface area contributed by atoms with E-state index in [1.54, 1.807) is 6.33 Å². The summed E-state index contributed by atoms with van der Waals surface area (Å²) >= 11 is 0. The van der Waals surface area contributed by atoms with Crippen LogP contribution in [0.2, 0.25) is 0 Å². The van der Waals surface area contributed by atoms with E-state index in [1.807, 2.05) is 6.20 Å². The fourth-order valence-electron chi connectivity index (χ4n) is 3.97. The standard InChI is InChI=1S/C16H23N5/c1-2-13(10-17-6-1)12-4-8-21(9-5-12)16-14-3-7-18-15(14)19-11-20-16/h3,7,11-13,17H,1-2,4-6,8-10H2,(H,18,19,20). The van der Waals surface area contributed by atoms with Gasteiger partial charge in [-0.2, -0.15) is 0 Å². The number of nitrogens with zero attached hydrogens (tertiary/aromatic N) is 3. The first-order valence-electron chi connectivity index (χ1n) is 8.15. The molecule has 2 aliphatic rings. The lowest BCUT2D eigenvalue weighted by molar-refractivity contribution is 0.226. The predicted octanol–water partition coefficient (Wildman–Crippen LogP) is 2.17. The van der Waals surface area contributed by atoms with Crippen LogP contribution in [0.25, 0.3) is 11.0 Å². The molecule has 2 aromatic rings. The van der Waals surface area contributed by atoms with Gasteiger partial charge in [-0.05, 0) is 56.7 Å². The minimum atomic E-state index is 0.887. The molecule has 0 aromatic carbocycles. The minimum absolute atomic E-state index is 0.887. The highest BCUT2D eigenvalue weighted by Crippen LogP contribution is 2.32. The second-order valence-corrected chi connectivity index (χ2v) is 6.37. The summed E-state index contributed by atoms with van der Waals surface area (Å²) in [4.78, 5) is 14.4. The van der Waals surface area contributed by atoms with E-state index in [-0.39, 0.29) is 0 Å². The number of hydrogen-bond donors (Lipinski definition) is 2. The van der Waals surface area contributed by atoms with Gasteiger partial charge in [0.1, 0.15) is 17.8 Å². The first kappa shape index (κ1) is 13.1. The highest BCUT2D eigenvalue weighted by molar-refractivity contribution is 5.87. The van der Waals surface area contributed by atoms with Crippen LogP contribution in [0.1, 0.15) is 25.7 Å². The molecule has 0 spiro atoms. The number of H-pyrrole nitrogens is 1. The van der Waals surface area contributed by atoms with Gasteiger partial charge in [-0.1, -0.05) is 0 Å². The van der Waals surface area contributed by atoms with Crippen LogP contribution in [0, 0.1) is 11.8 Å². The van der Waals surface area contributed by atoms with Crippen LogP contribution in [-0.4, -0.2) is 41.1 Å². The average Bonchev–Trinajstić information content (AvgIpc) is 3.04. The summed E-state index contributed by atoms with van der Waals surface area (Å²) in [6, 6.07) is 2.09. The number of piperidine rings is 2. The van der Waals surface area contributed by atoms with Crippen LogP contribution in [0.3, 0.4) is 0 Å². The van der Waals surface area contributed by atoms with Crippen LogP contribution in [0.4, 0.5) is 5.82 Å². The van der Waals surface area contributed by atoms with E-state index in [1.165, 1.54) is 38.8 Å². The van der Waals surface area contributed by atoms with Gasteiger partial charge in [-0.3, -0.25) is 0 Å². The fourth-order valence-corrected chi connectivity index (χ4v) is 3.97. The zero-order valence-electron chi connectivity index (χ0n) is 12.4. The number of anilines is 1. The smallest absolute Gasteiger partial charge is 0.142 e. The maximum Gasteiger partial charge on any atom is 0.142 e. The second-order valence-electron chi connectivity index (χ2n) is 6.37. The average molecular weight is 285 g/mol. The highest BCUT2D eigenvalue weighted by atomic mass is 15.2. The van der Waals surface area contributed by atoms with Crippen molar-refractivity contribution in [2.75, 3.05) is 31.1 Å². The Morgan fingerprint density at radius 1 is 1.10 bits per heavy atom. The molecule has 2 aliphatic heterocycles. The van der Waals surface area contributed by atoms with E-state index < -0.39 is 0 Å². The molecule has 4 rings (SSSR count). The summed E-state index contributed by atoms with van der Waals surface area (Å²) in [6.45, 7) is 4.68. The number of nitrogens with one attached hydrogen (secondary N) is 2. The van der Waals surface area contributed by atoms with E-state index in [2.05, 4.69) is 31.2 Å². The van der Waals surface area contributed by atoms with Gasteiger partial charge in [0, 0.05) is 19.3 Å². The van der Waals surface area contributed by atoms with Gasteiger partial charge in [0.15, 0.2) is 0 Å². The lowest BCUT2D eigenvalue weighted by Gasteiger charge is -2.38. The van der Waals surface area contributed by atoms with Crippen molar-refractivity contribution in [3.63, 3.8) is 0 Å². The van der Waals surface area contributed by atoms with E-state index in [4.69, 9.17) is 0 Å². The molecule has 2 saturated heterocycles. The Bertz CT molecular complexity index is 593. The van der Waals surface area contributed by atoms with Crippen molar-refractivity contribution in [3.05, 3.63) is 18.6 Å². The third kappa shape index (κ3) is 2.50. The summed E-state index contributed by atoms with van der Waals surface area (Å²) < 4.78 is 0. The largest absolute Gasteiger partial charge is 0.356 e. The van der Waals surface area contributed by atoms with Crippen molar-refractivity contribution in [1.82, 2.24) is 20.3 Å². The molecule has 21 heavy (non-hydrogen) atoms. The second kappa shape index (κ2) is 5.64. The molecule has 0 radical (unpaired) electrons. The zero-order valence-corrected chi connectivity index (χ0v) is 12.4. The van der Waals surface area contributed by atoms with Crippen LogP contribution >= 0.6 is 0 Å². The van der Waals surface area contributed by atoms with Crippen LogP contribution < -0.4 is 10.2 Å². The Labute approximate surface area is 125 Å². The molecule has 0 saturated carbocycles. The molecular formula is C16H23N5. The van der Waals surface area contributed by atoms with Crippen molar-refractivity contribution < 1.29 is 0 Å². The SMILES string of the molecule is c1nc(N2CCC(C3CCCNC3)CC2)c2cc[nH]c2n1. The Morgan fingerprint density at radius 3 is 2.81 bits per heavy atom. The van der Waals surface area contributed by atoms with Gasteiger partial charge in [-0.25, -0.2) is 9.97 Å². The third-order valence-corrected chi connectivity index (χ3v) is 5.17. The summed E-state index contributed by atoms with van der Waals surface area (Å²) in [5.41, 5.74) is 0.943. The molecule has 2 N–H and O–H groups in total. The molecule has 5 nitrogen and oxygen atoms in total. The molecule has 2 fully saturated rings. The van der Waals surface area contributed by atoms with Gasteiger partial charge >= 0.3 is 0 Å². The topological polar surface area (TPSA) is 56.8 Å². The van der Waals surface area contributed by atoms with Crippen molar-refractivity contribution in [2.24, 2.45) is 11.8 Å². The van der Waals surface area contributed by atoms with Gasteiger partial charge in [0.25, 0.3) is 0 Å². The lowest BCUT2D eigenvalue weighted by atomic mass is 9.80. The minimum Gasteiger partial charge on any atom is -0.356 e. The monoisotopic (exact) mass is 285 g/mol. The molecule has 5 heteroatoms. The van der Waals surface area contributed by atoms with E-state index in [0.29, 0.717) is 0 Å². The number of rotatable bonds is 2. The Morgan fingerprint density at radius 2 is 2.00 bits per heavy atom. The van der Waals surface area contributed by atoms with Crippen molar-refractivity contribution in [1.29, 1.82) is 0 Å². The van der Waals surface area contributed by atoms with Gasteiger partial charge in [0.2, 0.25) is 0 Å². The normalized spacial score (nSPS) is 24.6. The quantitative estimate of drug-likeness (QED) is 0.888. The molecule has 0 aliphatic carbocycles. The summed E-state index contributed by atoms with van der Waals surface area (Å²) in [5.74, 6) is 2.87. The van der Waals surface area contributed by atoms with Crippen LogP contribution in [-0.2, 0) is 0 Å². The number of aromatic nitrogens is 3.